The molecule has 2 heterocycles. The zero-order valence-corrected chi connectivity index (χ0v) is 15.0. The second kappa shape index (κ2) is 7.26. The first-order chi connectivity index (χ1) is 12.4. The summed E-state index contributed by atoms with van der Waals surface area (Å²) in [5.74, 6) is -0.496. The van der Waals surface area contributed by atoms with Gasteiger partial charge in [0, 0.05) is 44.4 Å². The van der Waals surface area contributed by atoms with Gasteiger partial charge < -0.3 is 10.2 Å². The Morgan fingerprint density at radius 2 is 1.81 bits per heavy atom. The van der Waals surface area contributed by atoms with E-state index in [0.717, 1.165) is 0 Å². The number of benzene rings is 1. The highest BCUT2D eigenvalue weighted by atomic mass is 32.2. The molecule has 0 atom stereocenters. The van der Waals surface area contributed by atoms with E-state index >= 15 is 0 Å². The molecule has 9 nitrogen and oxygen atoms in total. The van der Waals surface area contributed by atoms with Crippen LogP contribution in [0.3, 0.4) is 0 Å². The van der Waals surface area contributed by atoms with Gasteiger partial charge in [-0.25, -0.2) is 8.42 Å². The van der Waals surface area contributed by atoms with Crippen molar-refractivity contribution in [1.82, 2.24) is 24.7 Å². The highest BCUT2D eigenvalue weighted by Crippen LogP contribution is 2.17. The van der Waals surface area contributed by atoms with Gasteiger partial charge >= 0.3 is 0 Å². The SMILES string of the molecule is CNC(=O)c1cccc(C(=O)N2CCN(S(=O)(=O)c3ccn[nH]3)CC2)c1. The maximum Gasteiger partial charge on any atom is 0.260 e. The molecule has 2 amide bonds. The molecular weight excluding hydrogens is 358 g/mol. The number of carbonyl (C=O) groups is 2. The minimum atomic E-state index is -3.63. The average molecular weight is 377 g/mol. The standard InChI is InChI=1S/C16H19N5O4S/c1-17-15(22)12-3-2-4-13(11-12)16(23)20-7-9-21(10-8-20)26(24,25)14-5-6-18-19-14/h2-6,11H,7-10H2,1H3,(H,17,22)(H,18,19). The molecule has 0 bridgehead atoms. The van der Waals surface area contributed by atoms with Crippen molar-refractivity contribution >= 4 is 21.8 Å². The Morgan fingerprint density at radius 1 is 1.12 bits per heavy atom. The second-order valence-electron chi connectivity index (χ2n) is 5.78. The summed E-state index contributed by atoms with van der Waals surface area (Å²) in [6.07, 6.45) is 1.38. The van der Waals surface area contributed by atoms with Crippen molar-refractivity contribution in [3.8, 4) is 0 Å². The molecule has 0 aliphatic carbocycles. The number of nitrogens with one attached hydrogen (secondary N) is 2. The molecule has 0 radical (unpaired) electrons. The monoisotopic (exact) mass is 377 g/mol. The van der Waals surface area contributed by atoms with E-state index < -0.39 is 10.0 Å². The van der Waals surface area contributed by atoms with Crippen LogP contribution >= 0.6 is 0 Å². The predicted molar refractivity (Wildman–Crippen MR) is 93.1 cm³/mol. The summed E-state index contributed by atoms with van der Waals surface area (Å²) in [4.78, 5) is 26.0. The molecule has 26 heavy (non-hydrogen) atoms. The lowest BCUT2D eigenvalue weighted by Crippen LogP contribution is -2.50. The molecule has 10 heteroatoms. The number of amides is 2. The van der Waals surface area contributed by atoms with Crippen molar-refractivity contribution in [2.75, 3.05) is 33.2 Å². The lowest BCUT2D eigenvalue weighted by molar-refractivity contribution is 0.0697. The summed E-state index contributed by atoms with van der Waals surface area (Å²) in [6.45, 7) is 0.942. The number of sulfonamides is 1. The molecule has 2 N–H and O–H groups in total. The van der Waals surface area contributed by atoms with Gasteiger partial charge in [0.2, 0.25) is 0 Å². The topological polar surface area (TPSA) is 115 Å². The first kappa shape index (κ1) is 18.1. The van der Waals surface area contributed by atoms with Crippen molar-refractivity contribution in [2.45, 2.75) is 5.03 Å². The number of carbonyl (C=O) groups excluding carboxylic acids is 2. The molecule has 0 unspecified atom stereocenters. The number of H-pyrrole nitrogens is 1. The van der Waals surface area contributed by atoms with Gasteiger partial charge in [0.1, 0.15) is 0 Å². The number of nitrogens with zero attached hydrogens (tertiary/aromatic N) is 3. The van der Waals surface area contributed by atoms with Gasteiger partial charge in [-0.15, -0.1) is 0 Å². The fraction of sp³-hybridized carbons (Fsp3) is 0.312. The van der Waals surface area contributed by atoms with E-state index in [-0.39, 0.29) is 43.0 Å². The van der Waals surface area contributed by atoms with E-state index in [0.29, 0.717) is 11.1 Å². The molecule has 1 aliphatic rings. The molecule has 0 saturated carbocycles. The zero-order valence-electron chi connectivity index (χ0n) is 14.2. The molecular formula is C16H19N5O4S. The Hall–Kier alpha value is -2.72. The third-order valence-corrected chi connectivity index (χ3v) is 6.05. The molecule has 2 aromatic rings. The highest BCUT2D eigenvalue weighted by molar-refractivity contribution is 7.89. The second-order valence-corrected chi connectivity index (χ2v) is 7.68. The van der Waals surface area contributed by atoms with E-state index in [9.17, 15) is 18.0 Å². The average Bonchev–Trinajstić information content (AvgIpc) is 3.22. The van der Waals surface area contributed by atoms with Gasteiger partial charge in [-0.3, -0.25) is 14.7 Å². The van der Waals surface area contributed by atoms with Crippen LogP contribution in [-0.4, -0.2) is 72.9 Å². The summed E-state index contributed by atoms with van der Waals surface area (Å²) in [6, 6.07) is 7.86. The number of rotatable bonds is 4. The van der Waals surface area contributed by atoms with Crippen LogP contribution in [0.2, 0.25) is 0 Å². The van der Waals surface area contributed by atoms with Gasteiger partial charge in [-0.05, 0) is 24.3 Å². The Labute approximate surface area is 151 Å². The van der Waals surface area contributed by atoms with Crippen LogP contribution in [0.4, 0.5) is 0 Å². The third kappa shape index (κ3) is 3.46. The maximum atomic E-state index is 12.7. The predicted octanol–water partition coefficient (Wildman–Crippen LogP) is -0.0840. The number of aromatic amines is 1. The highest BCUT2D eigenvalue weighted by Gasteiger charge is 2.31. The largest absolute Gasteiger partial charge is 0.355 e. The minimum Gasteiger partial charge on any atom is -0.355 e. The van der Waals surface area contributed by atoms with Crippen LogP contribution in [-0.2, 0) is 10.0 Å². The summed E-state index contributed by atoms with van der Waals surface area (Å²) in [7, 11) is -2.11. The Kier molecular flexibility index (Phi) is 5.05. The molecule has 1 saturated heterocycles. The van der Waals surface area contributed by atoms with Crippen molar-refractivity contribution < 1.29 is 18.0 Å². The summed E-state index contributed by atoms with van der Waals surface area (Å²) < 4.78 is 26.2. The van der Waals surface area contributed by atoms with Crippen molar-refractivity contribution in [3.05, 3.63) is 47.7 Å². The quantitative estimate of drug-likeness (QED) is 0.773. The minimum absolute atomic E-state index is 0.0376. The van der Waals surface area contributed by atoms with E-state index in [1.54, 1.807) is 23.1 Å². The van der Waals surface area contributed by atoms with Crippen LogP contribution < -0.4 is 5.32 Å². The van der Waals surface area contributed by atoms with Crippen molar-refractivity contribution in [1.29, 1.82) is 0 Å². The van der Waals surface area contributed by atoms with Crippen LogP contribution in [0, 0.1) is 0 Å². The number of piperazine rings is 1. The maximum absolute atomic E-state index is 12.7. The lowest BCUT2D eigenvalue weighted by Gasteiger charge is -2.33. The van der Waals surface area contributed by atoms with E-state index in [4.69, 9.17) is 0 Å². The third-order valence-electron chi connectivity index (χ3n) is 4.22. The molecule has 138 valence electrons. The number of hydrogen-bond acceptors (Lipinski definition) is 5. The molecule has 1 aromatic heterocycles. The Balaban J connectivity index is 1.68. The van der Waals surface area contributed by atoms with Crippen molar-refractivity contribution in [2.24, 2.45) is 0 Å². The van der Waals surface area contributed by atoms with Crippen LogP contribution in [0.25, 0.3) is 0 Å². The normalized spacial score (nSPS) is 15.7. The number of hydrogen-bond donors (Lipinski definition) is 2. The molecule has 1 aliphatic heterocycles. The molecule has 1 aromatic carbocycles. The fourth-order valence-electron chi connectivity index (χ4n) is 2.78. The summed E-state index contributed by atoms with van der Waals surface area (Å²) in [5, 5.41) is 8.68. The first-order valence-corrected chi connectivity index (χ1v) is 9.48. The van der Waals surface area contributed by atoms with Crippen LogP contribution in [0.5, 0.6) is 0 Å². The summed E-state index contributed by atoms with van der Waals surface area (Å²) >= 11 is 0. The Bertz CT molecular complexity index is 902. The van der Waals surface area contributed by atoms with Gasteiger partial charge in [0.05, 0.1) is 6.20 Å². The molecule has 1 fully saturated rings. The van der Waals surface area contributed by atoms with Gasteiger partial charge in [0.15, 0.2) is 5.03 Å². The first-order valence-electron chi connectivity index (χ1n) is 8.04. The fourth-order valence-corrected chi connectivity index (χ4v) is 4.10. The van der Waals surface area contributed by atoms with Gasteiger partial charge in [-0.1, -0.05) is 6.07 Å². The summed E-state index contributed by atoms with van der Waals surface area (Å²) in [5.41, 5.74) is 0.801. The molecule has 0 spiro atoms. The Morgan fingerprint density at radius 3 is 2.42 bits per heavy atom. The van der Waals surface area contributed by atoms with E-state index in [1.165, 1.54) is 29.7 Å². The van der Waals surface area contributed by atoms with Crippen LogP contribution in [0.1, 0.15) is 20.7 Å². The van der Waals surface area contributed by atoms with E-state index in [1.807, 2.05) is 0 Å². The van der Waals surface area contributed by atoms with Gasteiger partial charge in [0.25, 0.3) is 21.8 Å². The van der Waals surface area contributed by atoms with Gasteiger partial charge in [-0.2, -0.15) is 9.40 Å². The van der Waals surface area contributed by atoms with Crippen LogP contribution in [0.15, 0.2) is 41.6 Å². The smallest absolute Gasteiger partial charge is 0.260 e. The lowest BCUT2D eigenvalue weighted by atomic mass is 10.1. The molecule has 3 rings (SSSR count). The number of aromatic nitrogens is 2. The van der Waals surface area contributed by atoms with Crippen molar-refractivity contribution in [3.63, 3.8) is 0 Å². The van der Waals surface area contributed by atoms with E-state index in [2.05, 4.69) is 15.5 Å². The zero-order chi connectivity index (χ0) is 18.7.